The highest BCUT2D eigenvalue weighted by Crippen LogP contribution is 2.39. The van der Waals surface area contributed by atoms with Gasteiger partial charge >= 0.3 is 0 Å². The number of fused-ring (bicyclic) bond motifs is 1. The zero-order valence-corrected chi connectivity index (χ0v) is 13.9. The van der Waals surface area contributed by atoms with E-state index in [4.69, 9.17) is 11.6 Å². The normalized spacial score (nSPS) is 23.6. The third kappa shape index (κ3) is 2.53. The number of nitrogens with zero attached hydrogens (tertiary/aromatic N) is 3. The molecule has 2 aliphatic rings. The van der Waals surface area contributed by atoms with E-state index in [1.807, 2.05) is 24.3 Å². The van der Waals surface area contributed by atoms with Crippen molar-refractivity contribution in [3.8, 4) is 0 Å². The van der Waals surface area contributed by atoms with Gasteiger partial charge in [-0.2, -0.15) is 5.10 Å². The van der Waals surface area contributed by atoms with E-state index in [1.54, 1.807) is 16.9 Å². The Morgan fingerprint density at radius 3 is 2.38 bits per heavy atom. The number of carbonyl (C=O) groups excluding carboxylic acids is 2. The van der Waals surface area contributed by atoms with Crippen molar-refractivity contribution in [2.45, 2.75) is 32.2 Å². The Hall–Kier alpha value is -2.14. The Bertz CT molecular complexity index is 777. The molecule has 0 N–H and O–H groups in total. The number of carbonyl (C=O) groups is 2. The highest BCUT2D eigenvalue weighted by atomic mass is 35.5. The van der Waals surface area contributed by atoms with Crippen molar-refractivity contribution in [2.75, 3.05) is 4.90 Å². The van der Waals surface area contributed by atoms with Gasteiger partial charge in [-0.25, -0.2) is 4.90 Å². The van der Waals surface area contributed by atoms with Gasteiger partial charge in [-0.3, -0.25) is 14.3 Å². The van der Waals surface area contributed by atoms with E-state index in [2.05, 4.69) is 5.10 Å². The molecule has 1 aromatic carbocycles. The van der Waals surface area contributed by atoms with Crippen LogP contribution in [-0.4, -0.2) is 21.6 Å². The molecule has 1 aromatic heterocycles. The van der Waals surface area contributed by atoms with Gasteiger partial charge in [0.2, 0.25) is 11.8 Å². The number of rotatable bonds is 3. The Morgan fingerprint density at radius 1 is 1.04 bits per heavy atom. The van der Waals surface area contributed by atoms with Crippen molar-refractivity contribution in [1.29, 1.82) is 0 Å². The van der Waals surface area contributed by atoms with Gasteiger partial charge in [-0.1, -0.05) is 42.6 Å². The lowest BCUT2D eigenvalue weighted by molar-refractivity contribution is -0.122. The fourth-order valence-corrected chi connectivity index (χ4v) is 3.94. The highest BCUT2D eigenvalue weighted by molar-refractivity contribution is 6.31. The third-order valence-electron chi connectivity index (χ3n) is 4.99. The van der Waals surface area contributed by atoms with Gasteiger partial charge in [-0.05, 0) is 24.5 Å². The molecule has 124 valence electrons. The standard InChI is InChI=1S/C18H18ClN3O2/c19-15-8-4-1-5-12(15)11-21-10-9-16(20-21)22-17(23)13-6-2-3-7-14(13)18(22)24/h1,4-5,8-10,13-14H,2-3,6-7,11H2/t13-,14+. The second-order valence-corrected chi connectivity index (χ2v) is 6.88. The number of imide groups is 1. The van der Waals surface area contributed by atoms with Crippen LogP contribution in [-0.2, 0) is 16.1 Å². The lowest BCUT2D eigenvalue weighted by Gasteiger charge is -2.19. The summed E-state index contributed by atoms with van der Waals surface area (Å²) in [5.41, 5.74) is 0.946. The molecule has 1 aliphatic carbocycles. The Morgan fingerprint density at radius 2 is 1.71 bits per heavy atom. The quantitative estimate of drug-likeness (QED) is 0.804. The first-order chi connectivity index (χ1) is 11.6. The number of anilines is 1. The molecule has 2 amide bonds. The summed E-state index contributed by atoms with van der Waals surface area (Å²) in [6, 6.07) is 9.29. The van der Waals surface area contributed by atoms with Crippen LogP contribution in [0.25, 0.3) is 0 Å². The molecular weight excluding hydrogens is 326 g/mol. The number of benzene rings is 1. The minimum Gasteiger partial charge on any atom is -0.274 e. The molecule has 2 atom stereocenters. The van der Waals surface area contributed by atoms with Crippen molar-refractivity contribution in [1.82, 2.24) is 9.78 Å². The molecule has 1 saturated heterocycles. The number of hydrogen-bond acceptors (Lipinski definition) is 3. The third-order valence-corrected chi connectivity index (χ3v) is 5.36. The van der Waals surface area contributed by atoms with Gasteiger partial charge in [-0.15, -0.1) is 0 Å². The van der Waals surface area contributed by atoms with Gasteiger partial charge in [0.1, 0.15) is 0 Å². The molecule has 1 aliphatic heterocycles. The van der Waals surface area contributed by atoms with Crippen LogP contribution in [0.1, 0.15) is 31.2 Å². The molecule has 5 nitrogen and oxygen atoms in total. The minimum absolute atomic E-state index is 0.0901. The van der Waals surface area contributed by atoms with E-state index in [-0.39, 0.29) is 23.7 Å². The first-order valence-corrected chi connectivity index (χ1v) is 8.67. The van der Waals surface area contributed by atoms with Crippen LogP contribution >= 0.6 is 11.6 Å². The summed E-state index contributed by atoms with van der Waals surface area (Å²) < 4.78 is 1.71. The first kappa shape index (κ1) is 15.4. The van der Waals surface area contributed by atoms with Crippen LogP contribution < -0.4 is 4.90 Å². The van der Waals surface area contributed by atoms with E-state index in [1.165, 1.54) is 4.90 Å². The average Bonchev–Trinajstić information content (AvgIpc) is 3.14. The molecule has 0 unspecified atom stereocenters. The average molecular weight is 344 g/mol. The van der Waals surface area contributed by atoms with E-state index in [0.29, 0.717) is 17.4 Å². The van der Waals surface area contributed by atoms with Crippen LogP contribution in [0.2, 0.25) is 5.02 Å². The van der Waals surface area contributed by atoms with E-state index < -0.39 is 0 Å². The van der Waals surface area contributed by atoms with Crippen LogP contribution in [0.3, 0.4) is 0 Å². The van der Waals surface area contributed by atoms with Gasteiger partial charge < -0.3 is 0 Å². The molecule has 0 radical (unpaired) electrons. The molecule has 4 rings (SSSR count). The molecule has 0 spiro atoms. The number of halogens is 1. The number of amides is 2. The zero-order valence-electron chi connectivity index (χ0n) is 13.2. The van der Waals surface area contributed by atoms with Crippen LogP contribution in [0.5, 0.6) is 0 Å². The van der Waals surface area contributed by atoms with E-state index in [9.17, 15) is 9.59 Å². The number of hydrogen-bond donors (Lipinski definition) is 0. The number of aromatic nitrogens is 2. The van der Waals surface area contributed by atoms with Crippen LogP contribution in [0.4, 0.5) is 5.82 Å². The summed E-state index contributed by atoms with van der Waals surface area (Å²) in [4.78, 5) is 26.5. The molecule has 2 aromatic rings. The molecule has 6 heteroatoms. The zero-order chi connectivity index (χ0) is 16.7. The van der Waals surface area contributed by atoms with E-state index in [0.717, 1.165) is 31.2 Å². The lowest BCUT2D eigenvalue weighted by Crippen LogP contribution is -2.31. The predicted molar refractivity (Wildman–Crippen MR) is 90.7 cm³/mol. The summed E-state index contributed by atoms with van der Waals surface area (Å²) in [5.74, 6) is -0.0632. The topological polar surface area (TPSA) is 55.2 Å². The Balaban J connectivity index is 1.57. The Labute approximate surface area is 145 Å². The second-order valence-electron chi connectivity index (χ2n) is 6.47. The summed E-state index contributed by atoms with van der Waals surface area (Å²) in [6.45, 7) is 0.503. The molecule has 2 heterocycles. The largest absolute Gasteiger partial charge is 0.274 e. The molecule has 0 bridgehead atoms. The monoisotopic (exact) mass is 343 g/mol. The minimum atomic E-state index is -0.153. The maximum Gasteiger partial charge on any atom is 0.238 e. The molecule has 1 saturated carbocycles. The molecule has 24 heavy (non-hydrogen) atoms. The van der Waals surface area contributed by atoms with Gasteiger partial charge in [0.25, 0.3) is 0 Å². The van der Waals surface area contributed by atoms with Gasteiger partial charge in [0.15, 0.2) is 5.82 Å². The van der Waals surface area contributed by atoms with Crippen molar-refractivity contribution >= 4 is 29.2 Å². The SMILES string of the molecule is O=C1[C@H]2CCCC[C@H]2C(=O)N1c1ccn(Cc2ccccc2Cl)n1. The van der Waals surface area contributed by atoms with Gasteiger partial charge in [0.05, 0.1) is 18.4 Å². The van der Waals surface area contributed by atoms with E-state index >= 15 is 0 Å². The van der Waals surface area contributed by atoms with Crippen molar-refractivity contribution in [2.24, 2.45) is 11.8 Å². The fourth-order valence-electron chi connectivity index (χ4n) is 3.75. The summed E-state index contributed by atoms with van der Waals surface area (Å²) in [7, 11) is 0. The molecule has 2 fully saturated rings. The summed E-state index contributed by atoms with van der Waals surface area (Å²) in [5, 5.41) is 5.10. The second kappa shape index (κ2) is 6.06. The van der Waals surface area contributed by atoms with Crippen LogP contribution in [0.15, 0.2) is 36.5 Å². The maximum atomic E-state index is 12.6. The van der Waals surface area contributed by atoms with Crippen molar-refractivity contribution < 1.29 is 9.59 Å². The predicted octanol–water partition coefficient (Wildman–Crippen LogP) is 3.26. The maximum absolute atomic E-state index is 12.6. The van der Waals surface area contributed by atoms with Crippen LogP contribution in [0, 0.1) is 11.8 Å². The Kier molecular flexibility index (Phi) is 3.88. The van der Waals surface area contributed by atoms with Crippen molar-refractivity contribution in [3.63, 3.8) is 0 Å². The first-order valence-electron chi connectivity index (χ1n) is 8.30. The fraction of sp³-hybridized carbons (Fsp3) is 0.389. The smallest absolute Gasteiger partial charge is 0.238 e. The lowest BCUT2D eigenvalue weighted by atomic mass is 9.81. The highest BCUT2D eigenvalue weighted by Gasteiger charge is 2.49. The summed E-state index contributed by atoms with van der Waals surface area (Å²) >= 11 is 6.18. The summed E-state index contributed by atoms with van der Waals surface area (Å²) in [6.07, 6.45) is 5.45. The van der Waals surface area contributed by atoms with Gasteiger partial charge in [0, 0.05) is 17.3 Å². The van der Waals surface area contributed by atoms with Crippen molar-refractivity contribution in [3.05, 3.63) is 47.1 Å². The molecular formula is C18H18ClN3O2.